The molecule has 0 aliphatic carbocycles. The van der Waals surface area contributed by atoms with Crippen LogP contribution in [-0.2, 0) is 0 Å². The van der Waals surface area contributed by atoms with E-state index in [1.165, 1.54) is 11.1 Å². The topological polar surface area (TPSA) is 12.9 Å². The summed E-state index contributed by atoms with van der Waals surface area (Å²) in [6, 6.07) is 1.92. The highest BCUT2D eigenvalue weighted by molar-refractivity contribution is 5.46. The first kappa shape index (κ1) is 9.72. The molecule has 1 aromatic rings. The van der Waals surface area contributed by atoms with Crippen molar-refractivity contribution in [3.8, 4) is 0 Å². The second-order valence-electron chi connectivity index (χ2n) is 3.40. The fraction of sp³-hybridized carbons (Fsp3) is 0.250. The normalized spacial score (nSPS) is 11.5. The van der Waals surface area contributed by atoms with Gasteiger partial charge in [0.25, 0.3) is 0 Å². The van der Waals surface area contributed by atoms with Crippen molar-refractivity contribution in [3.63, 3.8) is 0 Å². The second-order valence-corrected chi connectivity index (χ2v) is 3.40. The Labute approximate surface area is 79.1 Å². The molecule has 0 aliphatic heterocycles. The third-order valence-electron chi connectivity index (χ3n) is 2.11. The fourth-order valence-corrected chi connectivity index (χ4v) is 0.943. The van der Waals surface area contributed by atoms with Gasteiger partial charge in [0, 0.05) is 12.4 Å². The summed E-state index contributed by atoms with van der Waals surface area (Å²) in [6.07, 6.45) is 5.72. The van der Waals surface area contributed by atoms with Crippen LogP contribution in [0.5, 0.6) is 0 Å². The van der Waals surface area contributed by atoms with Crippen LogP contribution in [0.25, 0.3) is 12.7 Å². The van der Waals surface area contributed by atoms with Crippen molar-refractivity contribution in [1.82, 2.24) is 4.98 Å². The molecule has 13 heavy (non-hydrogen) atoms. The average Bonchev–Trinajstić information content (AvgIpc) is 2.08. The molecular weight excluding hydrogens is 158 g/mol. The van der Waals surface area contributed by atoms with E-state index in [0.29, 0.717) is 0 Å². The van der Waals surface area contributed by atoms with Gasteiger partial charge in [-0.05, 0) is 43.4 Å². The van der Waals surface area contributed by atoms with Crippen molar-refractivity contribution in [1.29, 1.82) is 0 Å². The van der Waals surface area contributed by atoms with Gasteiger partial charge in [-0.25, -0.2) is 0 Å². The summed E-state index contributed by atoms with van der Waals surface area (Å²) >= 11 is 0. The molecule has 1 heterocycles. The monoisotopic (exact) mass is 173 g/mol. The Kier molecular flexibility index (Phi) is 3.02. The Morgan fingerprint density at radius 1 is 1.38 bits per heavy atom. The van der Waals surface area contributed by atoms with Gasteiger partial charge < -0.3 is 0 Å². The lowest BCUT2D eigenvalue weighted by Crippen LogP contribution is -2.22. The number of rotatable bonds is 1. The van der Waals surface area contributed by atoms with Gasteiger partial charge in [-0.1, -0.05) is 17.7 Å². The molecule has 0 spiro atoms. The molecule has 0 N–H and O–H groups in total. The van der Waals surface area contributed by atoms with Crippen LogP contribution < -0.4 is 10.4 Å². The molecular formula is C12H15N. The van der Waals surface area contributed by atoms with Crippen molar-refractivity contribution in [2.24, 2.45) is 0 Å². The lowest BCUT2D eigenvalue weighted by atomic mass is 10.1. The number of aromatic nitrogens is 1. The first-order valence-electron chi connectivity index (χ1n) is 4.36. The summed E-state index contributed by atoms with van der Waals surface area (Å²) in [4.78, 5) is 4.06. The standard InChI is InChI=1S/C12H15N/c1-9(2)11(4)7-12-8-13-6-5-10(12)3/h5-8H,3H2,1-2,4H3/b12-7-. The first-order chi connectivity index (χ1) is 6.11. The van der Waals surface area contributed by atoms with Crippen LogP contribution in [0, 0.1) is 0 Å². The zero-order valence-corrected chi connectivity index (χ0v) is 8.46. The predicted molar refractivity (Wildman–Crippen MR) is 57.5 cm³/mol. The van der Waals surface area contributed by atoms with Crippen LogP contribution in [0.1, 0.15) is 20.8 Å². The van der Waals surface area contributed by atoms with Gasteiger partial charge in [-0.2, -0.15) is 0 Å². The largest absolute Gasteiger partial charge is 0.264 e. The highest BCUT2D eigenvalue weighted by atomic mass is 14.6. The molecule has 0 aliphatic rings. The lowest BCUT2D eigenvalue weighted by molar-refractivity contribution is 1.26. The molecule has 1 nitrogen and oxygen atoms in total. The van der Waals surface area contributed by atoms with Crippen molar-refractivity contribution < 1.29 is 0 Å². The molecule has 1 heteroatoms. The van der Waals surface area contributed by atoms with Crippen LogP contribution in [0.2, 0.25) is 0 Å². The maximum absolute atomic E-state index is 4.06. The van der Waals surface area contributed by atoms with Gasteiger partial charge >= 0.3 is 0 Å². The molecule has 1 rings (SSSR count). The summed E-state index contributed by atoms with van der Waals surface area (Å²) in [5, 5.41) is 2.12. The Hall–Kier alpha value is -1.37. The van der Waals surface area contributed by atoms with Gasteiger partial charge in [-0.3, -0.25) is 4.98 Å². The van der Waals surface area contributed by atoms with Gasteiger partial charge in [0.15, 0.2) is 0 Å². The van der Waals surface area contributed by atoms with E-state index in [0.717, 1.165) is 10.4 Å². The van der Waals surface area contributed by atoms with E-state index < -0.39 is 0 Å². The van der Waals surface area contributed by atoms with E-state index in [9.17, 15) is 0 Å². The molecule has 0 bridgehead atoms. The van der Waals surface area contributed by atoms with Crippen molar-refractivity contribution in [2.45, 2.75) is 20.8 Å². The summed E-state index contributed by atoms with van der Waals surface area (Å²) in [5.74, 6) is 0. The average molecular weight is 173 g/mol. The van der Waals surface area contributed by atoms with E-state index >= 15 is 0 Å². The Morgan fingerprint density at radius 2 is 2.08 bits per heavy atom. The number of hydrogen-bond acceptors (Lipinski definition) is 1. The van der Waals surface area contributed by atoms with Crippen molar-refractivity contribution >= 4 is 12.7 Å². The highest BCUT2D eigenvalue weighted by Gasteiger charge is 1.87. The number of allylic oxidation sites excluding steroid dienone is 2. The quantitative estimate of drug-likeness (QED) is 0.629. The molecule has 0 amide bonds. The molecule has 1 aromatic heterocycles. The maximum Gasteiger partial charge on any atom is 0.0346 e. The third-order valence-corrected chi connectivity index (χ3v) is 2.11. The molecule has 0 atom stereocenters. The first-order valence-corrected chi connectivity index (χ1v) is 4.36. The number of pyridine rings is 1. The van der Waals surface area contributed by atoms with Crippen molar-refractivity contribution in [3.05, 3.63) is 40.0 Å². The molecule has 0 fully saturated rings. The second kappa shape index (κ2) is 4.04. The van der Waals surface area contributed by atoms with Crippen LogP contribution in [0.15, 0.2) is 29.6 Å². The summed E-state index contributed by atoms with van der Waals surface area (Å²) in [7, 11) is 0. The van der Waals surface area contributed by atoms with E-state index in [2.05, 4.69) is 38.4 Å². The lowest BCUT2D eigenvalue weighted by Gasteiger charge is -1.95. The summed E-state index contributed by atoms with van der Waals surface area (Å²) in [5.41, 5.74) is 2.60. The third kappa shape index (κ3) is 2.55. The Bertz CT molecular complexity index is 423. The summed E-state index contributed by atoms with van der Waals surface area (Å²) < 4.78 is 0. The molecule has 0 saturated heterocycles. The minimum atomic E-state index is 1.02. The Morgan fingerprint density at radius 3 is 2.62 bits per heavy atom. The van der Waals surface area contributed by atoms with Crippen molar-refractivity contribution in [2.75, 3.05) is 0 Å². The minimum Gasteiger partial charge on any atom is -0.264 e. The molecule has 0 radical (unpaired) electrons. The van der Waals surface area contributed by atoms with Gasteiger partial charge in [0.05, 0.1) is 0 Å². The molecule has 0 saturated carbocycles. The van der Waals surface area contributed by atoms with Crippen LogP contribution in [-0.4, -0.2) is 4.98 Å². The summed E-state index contributed by atoms with van der Waals surface area (Å²) in [6.45, 7) is 10.2. The Balaban J connectivity index is 3.32. The van der Waals surface area contributed by atoms with Gasteiger partial charge in [-0.15, -0.1) is 0 Å². The van der Waals surface area contributed by atoms with Crippen LogP contribution in [0.3, 0.4) is 0 Å². The van der Waals surface area contributed by atoms with E-state index in [1.807, 2.05) is 12.3 Å². The van der Waals surface area contributed by atoms with E-state index in [4.69, 9.17) is 0 Å². The number of nitrogens with zero attached hydrogens (tertiary/aromatic N) is 1. The zero-order chi connectivity index (χ0) is 9.84. The predicted octanol–water partition coefficient (Wildman–Crippen LogP) is 1.63. The maximum atomic E-state index is 4.06. The van der Waals surface area contributed by atoms with Gasteiger partial charge in [0.1, 0.15) is 0 Å². The highest BCUT2D eigenvalue weighted by Crippen LogP contribution is 2.01. The minimum absolute atomic E-state index is 1.02. The zero-order valence-electron chi connectivity index (χ0n) is 8.46. The molecule has 0 unspecified atom stereocenters. The van der Waals surface area contributed by atoms with Crippen LogP contribution in [0.4, 0.5) is 0 Å². The smallest absolute Gasteiger partial charge is 0.0346 e. The SMILES string of the molecule is C=c1ccnc/c1=C/C(C)=C(C)C. The van der Waals surface area contributed by atoms with Gasteiger partial charge in [0.2, 0.25) is 0 Å². The van der Waals surface area contributed by atoms with Crippen LogP contribution >= 0.6 is 0 Å². The van der Waals surface area contributed by atoms with E-state index in [1.54, 1.807) is 6.20 Å². The van der Waals surface area contributed by atoms with E-state index in [-0.39, 0.29) is 0 Å². The molecule has 0 aromatic carbocycles. The molecule has 68 valence electrons. The number of hydrogen-bond donors (Lipinski definition) is 0. The fourth-order valence-electron chi connectivity index (χ4n) is 0.943.